The summed E-state index contributed by atoms with van der Waals surface area (Å²) in [6.07, 6.45) is 0. The van der Waals surface area contributed by atoms with Crippen molar-refractivity contribution >= 4 is 32.3 Å². The van der Waals surface area contributed by atoms with Crippen LogP contribution in [-0.4, -0.2) is 0 Å². The van der Waals surface area contributed by atoms with Crippen molar-refractivity contribution < 1.29 is 0 Å². The molecule has 10 aromatic carbocycles. The van der Waals surface area contributed by atoms with Gasteiger partial charge in [0.05, 0.1) is 0 Å². The van der Waals surface area contributed by atoms with Crippen LogP contribution in [-0.2, 0) is 0 Å². The largest absolute Gasteiger partial charge is 0.0622 e. The van der Waals surface area contributed by atoms with E-state index in [9.17, 15) is 0 Å². The van der Waals surface area contributed by atoms with Crippen LogP contribution in [0.5, 0.6) is 0 Å². The van der Waals surface area contributed by atoms with Crippen LogP contribution in [0.3, 0.4) is 0 Å². The first-order valence-electron chi connectivity index (χ1n) is 18.7. The first-order chi connectivity index (χ1) is 26.8. The smallest absolute Gasteiger partial charge is 0.00199 e. The normalized spacial score (nSPS) is 11.3. The molecular weight excluding hydrogens is 649 g/mol. The molecule has 0 aliphatic carbocycles. The zero-order valence-electron chi connectivity index (χ0n) is 29.8. The van der Waals surface area contributed by atoms with Crippen LogP contribution in [0.25, 0.3) is 99.1 Å². The van der Waals surface area contributed by atoms with Gasteiger partial charge in [-0.2, -0.15) is 0 Å². The van der Waals surface area contributed by atoms with Crippen molar-refractivity contribution in [1.82, 2.24) is 0 Å². The minimum Gasteiger partial charge on any atom is -0.0622 e. The number of rotatable bonds is 6. The maximum Gasteiger partial charge on any atom is -0.00199 e. The molecule has 0 fully saturated rings. The van der Waals surface area contributed by atoms with E-state index in [1.165, 1.54) is 99.1 Å². The average Bonchev–Trinajstić information content (AvgIpc) is 3.26. The maximum absolute atomic E-state index is 2.42. The SMILES string of the molecule is c1ccc(-c2ccc(-c3ccc4c(-c5cccc6ccccc56)c5cc(-c6ccc(-c7ccccc7)cc6)ccc5c(-c5ccccc5)c4c3)cc2)cc1. The predicted molar refractivity (Wildman–Crippen MR) is 232 cm³/mol. The first kappa shape index (κ1) is 31.7. The molecule has 0 aromatic heterocycles. The quantitative estimate of drug-likeness (QED) is 0.153. The lowest BCUT2D eigenvalue weighted by Gasteiger charge is -2.20. The minimum atomic E-state index is 1.20. The van der Waals surface area contributed by atoms with E-state index >= 15 is 0 Å². The van der Waals surface area contributed by atoms with Crippen molar-refractivity contribution in [3.63, 3.8) is 0 Å². The summed E-state index contributed by atoms with van der Waals surface area (Å²) < 4.78 is 0. The molecule has 0 bridgehead atoms. The third-order valence-electron chi connectivity index (χ3n) is 10.9. The van der Waals surface area contributed by atoms with Gasteiger partial charge in [-0.25, -0.2) is 0 Å². The Morgan fingerprint density at radius 3 is 1.09 bits per heavy atom. The van der Waals surface area contributed by atoms with Crippen molar-refractivity contribution in [2.24, 2.45) is 0 Å². The second kappa shape index (κ2) is 13.5. The Balaban J connectivity index is 1.23. The van der Waals surface area contributed by atoms with Crippen molar-refractivity contribution in [2.75, 3.05) is 0 Å². The zero-order valence-corrected chi connectivity index (χ0v) is 29.8. The van der Waals surface area contributed by atoms with Gasteiger partial charge in [-0.15, -0.1) is 0 Å². The molecule has 0 saturated heterocycles. The molecule has 0 aliphatic rings. The Morgan fingerprint density at radius 1 is 0.185 bits per heavy atom. The predicted octanol–water partition coefficient (Wildman–Crippen LogP) is 15.1. The Hall–Kier alpha value is -7.02. The lowest BCUT2D eigenvalue weighted by Crippen LogP contribution is -1.93. The molecule has 0 unspecified atom stereocenters. The summed E-state index contributed by atoms with van der Waals surface area (Å²) in [5, 5.41) is 7.50. The summed E-state index contributed by atoms with van der Waals surface area (Å²) in [5.74, 6) is 0. The molecular formula is C54H36. The van der Waals surface area contributed by atoms with Gasteiger partial charge in [0.25, 0.3) is 0 Å². The van der Waals surface area contributed by atoms with Gasteiger partial charge in [0.1, 0.15) is 0 Å². The lowest BCUT2D eigenvalue weighted by atomic mass is 9.83. The average molecular weight is 685 g/mol. The molecule has 0 radical (unpaired) electrons. The van der Waals surface area contributed by atoms with Gasteiger partial charge < -0.3 is 0 Å². The molecule has 0 nitrogen and oxygen atoms in total. The van der Waals surface area contributed by atoms with Crippen LogP contribution in [0.1, 0.15) is 0 Å². The highest BCUT2D eigenvalue weighted by molar-refractivity contribution is 6.24. The van der Waals surface area contributed by atoms with Gasteiger partial charge >= 0.3 is 0 Å². The van der Waals surface area contributed by atoms with Crippen LogP contribution in [0, 0.1) is 0 Å². The second-order valence-corrected chi connectivity index (χ2v) is 14.1. The molecule has 252 valence electrons. The number of fused-ring (bicyclic) bond motifs is 3. The van der Waals surface area contributed by atoms with Crippen molar-refractivity contribution in [2.45, 2.75) is 0 Å². The summed E-state index contributed by atoms with van der Waals surface area (Å²) in [4.78, 5) is 0. The molecule has 0 heterocycles. The molecule has 10 aromatic rings. The molecule has 0 saturated carbocycles. The standard InChI is InChI=1S/C54H36/c1-4-13-37(14-5-1)39-23-27-41(28-24-39)45-32-34-50-51(35-45)53(44-18-8-3-9-19-44)49-33-31-46(42-29-25-40(26-30-42)38-15-6-2-7-16-38)36-52(49)54(50)48-22-12-20-43-17-10-11-21-47(43)48/h1-36H. The van der Waals surface area contributed by atoms with E-state index < -0.39 is 0 Å². The number of hydrogen-bond donors (Lipinski definition) is 0. The van der Waals surface area contributed by atoms with Crippen molar-refractivity contribution in [3.05, 3.63) is 218 Å². The zero-order chi connectivity index (χ0) is 35.8. The van der Waals surface area contributed by atoms with Crippen LogP contribution >= 0.6 is 0 Å². The van der Waals surface area contributed by atoms with E-state index in [-0.39, 0.29) is 0 Å². The first-order valence-corrected chi connectivity index (χ1v) is 18.7. The van der Waals surface area contributed by atoms with Crippen LogP contribution in [0.2, 0.25) is 0 Å². The topological polar surface area (TPSA) is 0 Å². The lowest BCUT2D eigenvalue weighted by molar-refractivity contribution is 1.59. The maximum atomic E-state index is 2.42. The Labute approximate surface area is 316 Å². The number of benzene rings is 10. The number of hydrogen-bond acceptors (Lipinski definition) is 0. The Kier molecular flexibility index (Phi) is 7.93. The van der Waals surface area contributed by atoms with E-state index in [4.69, 9.17) is 0 Å². The van der Waals surface area contributed by atoms with Gasteiger partial charge in [0.2, 0.25) is 0 Å². The van der Waals surface area contributed by atoms with Crippen molar-refractivity contribution in [1.29, 1.82) is 0 Å². The Bertz CT molecular complexity index is 2920. The highest BCUT2D eigenvalue weighted by atomic mass is 14.2. The fraction of sp³-hybridized carbons (Fsp3) is 0. The molecule has 0 aliphatic heterocycles. The van der Waals surface area contributed by atoms with Crippen LogP contribution in [0.4, 0.5) is 0 Å². The Morgan fingerprint density at radius 2 is 0.556 bits per heavy atom. The highest BCUT2D eigenvalue weighted by Crippen LogP contribution is 2.47. The third kappa shape index (κ3) is 5.66. The third-order valence-corrected chi connectivity index (χ3v) is 10.9. The van der Waals surface area contributed by atoms with Gasteiger partial charge in [0, 0.05) is 0 Å². The summed E-state index contributed by atoms with van der Waals surface area (Å²) in [6, 6.07) is 79.8. The molecule has 0 N–H and O–H groups in total. The fourth-order valence-electron chi connectivity index (χ4n) is 8.21. The molecule has 0 amide bonds. The van der Waals surface area contributed by atoms with Crippen molar-refractivity contribution in [3.8, 4) is 66.8 Å². The van der Waals surface area contributed by atoms with Crippen LogP contribution in [0.15, 0.2) is 218 Å². The van der Waals surface area contributed by atoms with E-state index in [1.807, 2.05) is 0 Å². The van der Waals surface area contributed by atoms with Gasteiger partial charge in [0.15, 0.2) is 0 Å². The minimum absolute atomic E-state index is 1.20. The summed E-state index contributed by atoms with van der Waals surface area (Å²) >= 11 is 0. The van der Waals surface area contributed by atoms with E-state index in [0.29, 0.717) is 0 Å². The molecule has 10 rings (SSSR count). The van der Waals surface area contributed by atoms with Gasteiger partial charge in [-0.3, -0.25) is 0 Å². The summed E-state index contributed by atoms with van der Waals surface area (Å²) in [7, 11) is 0. The summed E-state index contributed by atoms with van der Waals surface area (Å²) in [6.45, 7) is 0. The van der Waals surface area contributed by atoms with E-state index in [0.717, 1.165) is 0 Å². The second-order valence-electron chi connectivity index (χ2n) is 14.1. The summed E-state index contributed by atoms with van der Waals surface area (Å²) in [5.41, 5.74) is 14.7. The fourth-order valence-corrected chi connectivity index (χ4v) is 8.21. The monoisotopic (exact) mass is 684 g/mol. The van der Waals surface area contributed by atoms with Gasteiger partial charge in [-0.05, 0) is 111 Å². The molecule has 0 atom stereocenters. The van der Waals surface area contributed by atoms with Crippen LogP contribution < -0.4 is 0 Å². The molecule has 0 spiro atoms. The van der Waals surface area contributed by atoms with Gasteiger partial charge in [-0.1, -0.05) is 206 Å². The van der Waals surface area contributed by atoms with E-state index in [1.54, 1.807) is 0 Å². The highest BCUT2D eigenvalue weighted by Gasteiger charge is 2.20. The van der Waals surface area contributed by atoms with E-state index in [2.05, 4.69) is 218 Å². The molecule has 0 heteroatoms. The molecule has 54 heavy (non-hydrogen) atoms.